The van der Waals surface area contributed by atoms with E-state index < -0.39 is 0 Å². The number of aromatic nitrogens is 2. The topological polar surface area (TPSA) is 47.0 Å². The molecule has 0 atom stereocenters. The molecule has 0 fully saturated rings. The van der Waals surface area contributed by atoms with Crippen molar-refractivity contribution < 1.29 is 4.74 Å². The maximum absolute atomic E-state index is 6.13. The number of nitrogens with one attached hydrogen (secondary N) is 1. The first kappa shape index (κ1) is 14.1. The number of hydrogen-bond donors (Lipinski definition) is 1. The largest absolute Gasteiger partial charge is 0.436 e. The molecule has 100 valence electrons. The second-order valence-electron chi connectivity index (χ2n) is 3.85. The molecule has 0 aliphatic carbocycles. The second kappa shape index (κ2) is 6.70. The molecule has 19 heavy (non-hydrogen) atoms. The predicted octanol–water partition coefficient (Wildman–Crippen LogP) is 3.69. The zero-order valence-corrected chi connectivity index (χ0v) is 11.9. The first-order valence-corrected chi connectivity index (χ1v) is 6.58. The highest BCUT2D eigenvalue weighted by molar-refractivity contribution is 6.32. The highest BCUT2D eigenvalue weighted by atomic mass is 35.5. The Balaban J connectivity index is 2.13. The SMILES string of the molecule is CCNCc1cnc(Oc2cncc(Cl)c2)c(Cl)c1. The third-order valence-electron chi connectivity index (χ3n) is 2.34. The predicted molar refractivity (Wildman–Crippen MR) is 75.9 cm³/mol. The highest BCUT2D eigenvalue weighted by Crippen LogP contribution is 2.28. The lowest BCUT2D eigenvalue weighted by atomic mass is 10.3. The van der Waals surface area contributed by atoms with E-state index in [4.69, 9.17) is 27.9 Å². The van der Waals surface area contributed by atoms with Crippen LogP contribution in [-0.4, -0.2) is 16.5 Å². The minimum Gasteiger partial charge on any atom is -0.436 e. The van der Waals surface area contributed by atoms with Gasteiger partial charge in [-0.15, -0.1) is 0 Å². The average molecular weight is 298 g/mol. The van der Waals surface area contributed by atoms with Gasteiger partial charge in [0.05, 0.1) is 11.2 Å². The molecule has 0 amide bonds. The minimum absolute atomic E-state index is 0.339. The van der Waals surface area contributed by atoms with Crippen LogP contribution < -0.4 is 10.1 Å². The number of hydrogen-bond acceptors (Lipinski definition) is 4. The molecule has 6 heteroatoms. The lowest BCUT2D eigenvalue weighted by Gasteiger charge is -2.08. The van der Waals surface area contributed by atoms with Crippen LogP contribution >= 0.6 is 23.2 Å². The third-order valence-corrected chi connectivity index (χ3v) is 2.81. The standard InChI is InChI=1S/C13H13Cl2N3O/c1-2-16-5-9-3-12(15)13(18-6-9)19-11-4-10(14)7-17-8-11/h3-4,6-8,16H,2,5H2,1H3. The molecular weight excluding hydrogens is 285 g/mol. The van der Waals surface area contributed by atoms with E-state index in [2.05, 4.69) is 15.3 Å². The van der Waals surface area contributed by atoms with Crippen LogP contribution in [0, 0.1) is 0 Å². The van der Waals surface area contributed by atoms with Crippen molar-refractivity contribution >= 4 is 23.2 Å². The summed E-state index contributed by atoms with van der Waals surface area (Å²) in [5.41, 5.74) is 1.00. The van der Waals surface area contributed by atoms with Gasteiger partial charge >= 0.3 is 0 Å². The Morgan fingerprint density at radius 2 is 2.05 bits per heavy atom. The fraction of sp³-hybridized carbons (Fsp3) is 0.231. The summed E-state index contributed by atoms with van der Waals surface area (Å²) in [6, 6.07) is 3.48. The summed E-state index contributed by atoms with van der Waals surface area (Å²) in [7, 11) is 0. The fourth-order valence-electron chi connectivity index (χ4n) is 1.47. The van der Waals surface area contributed by atoms with Crippen molar-refractivity contribution in [2.75, 3.05) is 6.54 Å². The maximum atomic E-state index is 6.13. The Hall–Kier alpha value is -1.36. The van der Waals surface area contributed by atoms with Gasteiger partial charge in [0.1, 0.15) is 10.8 Å². The number of rotatable bonds is 5. The summed E-state index contributed by atoms with van der Waals surface area (Å²) in [6.07, 6.45) is 4.81. The van der Waals surface area contributed by atoms with E-state index in [-0.39, 0.29) is 0 Å². The molecule has 0 radical (unpaired) electrons. The van der Waals surface area contributed by atoms with Crippen LogP contribution in [0.4, 0.5) is 0 Å². The van der Waals surface area contributed by atoms with Crippen molar-refractivity contribution in [3.63, 3.8) is 0 Å². The molecule has 0 aliphatic heterocycles. The number of nitrogens with zero attached hydrogens (tertiary/aromatic N) is 2. The van der Waals surface area contributed by atoms with Gasteiger partial charge < -0.3 is 10.1 Å². The zero-order chi connectivity index (χ0) is 13.7. The van der Waals surface area contributed by atoms with Gasteiger partial charge in [0.15, 0.2) is 0 Å². The molecular formula is C13H13Cl2N3O. The van der Waals surface area contributed by atoms with Crippen LogP contribution in [0.15, 0.2) is 30.7 Å². The van der Waals surface area contributed by atoms with Gasteiger partial charge in [-0.1, -0.05) is 30.1 Å². The molecule has 4 nitrogen and oxygen atoms in total. The van der Waals surface area contributed by atoms with Gasteiger partial charge in [-0.25, -0.2) is 4.98 Å². The van der Waals surface area contributed by atoms with E-state index in [1.54, 1.807) is 18.5 Å². The summed E-state index contributed by atoms with van der Waals surface area (Å²) < 4.78 is 5.54. The van der Waals surface area contributed by atoms with Crippen molar-refractivity contribution in [2.45, 2.75) is 13.5 Å². The minimum atomic E-state index is 0.339. The van der Waals surface area contributed by atoms with E-state index in [1.165, 1.54) is 6.20 Å². The van der Waals surface area contributed by atoms with E-state index in [0.29, 0.717) is 21.7 Å². The number of pyridine rings is 2. The molecule has 0 bridgehead atoms. The molecule has 0 saturated carbocycles. The second-order valence-corrected chi connectivity index (χ2v) is 4.70. The van der Waals surface area contributed by atoms with Gasteiger partial charge in [-0.3, -0.25) is 4.98 Å². The van der Waals surface area contributed by atoms with E-state index in [0.717, 1.165) is 18.7 Å². The van der Waals surface area contributed by atoms with Crippen LogP contribution in [0.2, 0.25) is 10.0 Å². The Labute approximate surface area is 121 Å². The van der Waals surface area contributed by atoms with Gasteiger partial charge in [0, 0.05) is 25.0 Å². The smallest absolute Gasteiger partial charge is 0.238 e. The molecule has 0 aromatic carbocycles. The summed E-state index contributed by atoms with van der Waals surface area (Å²) in [4.78, 5) is 8.12. The van der Waals surface area contributed by atoms with Crippen molar-refractivity contribution in [1.82, 2.24) is 15.3 Å². The van der Waals surface area contributed by atoms with Gasteiger partial charge in [0.25, 0.3) is 0 Å². The van der Waals surface area contributed by atoms with Crippen LogP contribution in [0.3, 0.4) is 0 Å². The van der Waals surface area contributed by atoms with Gasteiger partial charge in [-0.2, -0.15) is 0 Å². The van der Waals surface area contributed by atoms with Crippen molar-refractivity contribution in [2.24, 2.45) is 0 Å². The molecule has 2 aromatic heterocycles. The van der Waals surface area contributed by atoms with Gasteiger partial charge in [0.2, 0.25) is 5.88 Å². The van der Waals surface area contributed by atoms with Crippen molar-refractivity contribution in [1.29, 1.82) is 0 Å². The third kappa shape index (κ3) is 4.06. The quantitative estimate of drug-likeness (QED) is 0.914. The summed E-state index contributed by atoms with van der Waals surface area (Å²) in [6.45, 7) is 3.66. The lowest BCUT2D eigenvalue weighted by molar-refractivity contribution is 0.460. The molecule has 0 spiro atoms. The Bertz CT molecular complexity index is 563. The van der Waals surface area contributed by atoms with Crippen LogP contribution in [0.5, 0.6) is 11.6 Å². The lowest BCUT2D eigenvalue weighted by Crippen LogP contribution is -2.11. The van der Waals surface area contributed by atoms with Crippen molar-refractivity contribution in [3.8, 4) is 11.6 Å². The Morgan fingerprint density at radius 3 is 2.74 bits per heavy atom. The normalized spacial score (nSPS) is 10.5. The number of halogens is 2. The summed E-state index contributed by atoms with van der Waals surface area (Å²) in [5, 5.41) is 4.15. The molecule has 2 rings (SSSR count). The van der Waals surface area contributed by atoms with Crippen LogP contribution in [0.25, 0.3) is 0 Å². The first-order valence-electron chi connectivity index (χ1n) is 5.82. The molecule has 2 aromatic rings. The van der Waals surface area contributed by atoms with E-state index in [9.17, 15) is 0 Å². The number of ether oxygens (including phenoxy) is 1. The molecule has 2 heterocycles. The average Bonchev–Trinajstić information content (AvgIpc) is 2.39. The molecule has 1 N–H and O–H groups in total. The molecule has 0 unspecified atom stereocenters. The van der Waals surface area contributed by atoms with Crippen LogP contribution in [-0.2, 0) is 6.54 Å². The zero-order valence-electron chi connectivity index (χ0n) is 10.4. The first-order chi connectivity index (χ1) is 9.19. The van der Waals surface area contributed by atoms with E-state index in [1.807, 2.05) is 13.0 Å². The maximum Gasteiger partial charge on any atom is 0.238 e. The molecule has 0 aliphatic rings. The fourth-order valence-corrected chi connectivity index (χ4v) is 1.86. The highest BCUT2D eigenvalue weighted by Gasteiger charge is 2.07. The summed E-state index contributed by atoms with van der Waals surface area (Å²) >= 11 is 12.0. The van der Waals surface area contributed by atoms with Crippen LogP contribution in [0.1, 0.15) is 12.5 Å². The van der Waals surface area contributed by atoms with E-state index >= 15 is 0 Å². The van der Waals surface area contributed by atoms with Gasteiger partial charge in [-0.05, 0) is 18.2 Å². The molecule has 0 saturated heterocycles. The summed E-state index contributed by atoms with van der Waals surface area (Å²) in [5.74, 6) is 0.840. The monoisotopic (exact) mass is 297 g/mol. The Morgan fingerprint density at radius 1 is 1.21 bits per heavy atom. The Kier molecular flexibility index (Phi) is 4.96. The van der Waals surface area contributed by atoms with Crippen molar-refractivity contribution in [3.05, 3.63) is 46.3 Å².